The van der Waals surface area contributed by atoms with Gasteiger partial charge < -0.3 is 5.32 Å². The van der Waals surface area contributed by atoms with Crippen molar-refractivity contribution in [2.24, 2.45) is 0 Å². The lowest BCUT2D eigenvalue weighted by molar-refractivity contribution is -0.385. The fourth-order valence-electron chi connectivity index (χ4n) is 1.45. The molecule has 0 saturated carbocycles. The highest BCUT2D eigenvalue weighted by Gasteiger charge is 2.17. The molecule has 1 aromatic carbocycles. The van der Waals surface area contributed by atoms with Gasteiger partial charge in [-0.1, -0.05) is 13.0 Å². The smallest absolute Gasteiger partial charge is 0.274 e. The van der Waals surface area contributed by atoms with Crippen molar-refractivity contribution in [2.75, 3.05) is 5.32 Å². The Hall–Kier alpha value is -1.72. The van der Waals surface area contributed by atoms with Crippen LogP contribution in [-0.2, 0) is 6.42 Å². The molecule has 4 nitrogen and oxygen atoms in total. The maximum atomic E-state index is 12.3. The molecular weight excluding hydrogens is 230 g/mol. The van der Waals surface area contributed by atoms with Gasteiger partial charge in [0.05, 0.1) is 11.0 Å². The van der Waals surface area contributed by atoms with Crippen LogP contribution in [0.5, 0.6) is 0 Å². The number of rotatable bonds is 5. The number of alkyl halides is 2. The van der Waals surface area contributed by atoms with Gasteiger partial charge in [0.15, 0.2) is 0 Å². The quantitative estimate of drug-likeness (QED) is 0.639. The highest BCUT2D eigenvalue weighted by atomic mass is 19.3. The minimum Gasteiger partial charge on any atom is -0.377 e. The number of nitro groups is 1. The maximum absolute atomic E-state index is 12.3. The Bertz CT molecular complexity index is 410. The molecule has 0 amide bonds. The van der Waals surface area contributed by atoms with Gasteiger partial charge in [-0.2, -0.15) is 0 Å². The molecule has 0 aliphatic carbocycles. The van der Waals surface area contributed by atoms with Crippen LogP contribution in [0, 0.1) is 10.1 Å². The molecule has 17 heavy (non-hydrogen) atoms. The van der Waals surface area contributed by atoms with Crippen molar-refractivity contribution in [1.29, 1.82) is 0 Å². The van der Waals surface area contributed by atoms with Crippen molar-refractivity contribution in [3.05, 3.63) is 33.9 Å². The van der Waals surface area contributed by atoms with E-state index in [1.54, 1.807) is 19.1 Å². The highest BCUT2D eigenvalue weighted by Crippen LogP contribution is 2.24. The van der Waals surface area contributed by atoms with E-state index in [0.717, 1.165) is 0 Å². The molecule has 94 valence electrons. The summed E-state index contributed by atoms with van der Waals surface area (Å²) in [4.78, 5) is 10.3. The average Bonchev–Trinajstić information content (AvgIpc) is 2.28. The zero-order valence-electron chi connectivity index (χ0n) is 9.61. The molecule has 0 heterocycles. The van der Waals surface area contributed by atoms with Crippen molar-refractivity contribution >= 4 is 11.4 Å². The second-order valence-electron chi connectivity index (χ2n) is 3.72. The Balaban J connectivity index is 2.96. The van der Waals surface area contributed by atoms with Crippen LogP contribution in [0.3, 0.4) is 0 Å². The molecule has 0 aliphatic heterocycles. The second kappa shape index (κ2) is 5.56. The Morgan fingerprint density at radius 2 is 2.12 bits per heavy atom. The lowest BCUT2D eigenvalue weighted by atomic mass is 10.1. The first-order valence-electron chi connectivity index (χ1n) is 5.27. The first-order valence-corrected chi connectivity index (χ1v) is 5.27. The van der Waals surface area contributed by atoms with Crippen LogP contribution >= 0.6 is 0 Å². The van der Waals surface area contributed by atoms with Crippen LogP contribution in [0.15, 0.2) is 18.2 Å². The van der Waals surface area contributed by atoms with Crippen LogP contribution in [-0.4, -0.2) is 17.4 Å². The Morgan fingerprint density at radius 1 is 1.47 bits per heavy atom. The predicted octanol–water partition coefficient (Wildman–Crippen LogP) is 3.22. The lowest BCUT2D eigenvalue weighted by Crippen LogP contribution is -2.23. The summed E-state index contributed by atoms with van der Waals surface area (Å²) in [5, 5.41) is 13.3. The third-order valence-electron chi connectivity index (χ3n) is 2.44. The molecular formula is C11H14F2N2O2. The van der Waals surface area contributed by atoms with Gasteiger partial charge in [-0.15, -0.1) is 0 Å². The van der Waals surface area contributed by atoms with Crippen molar-refractivity contribution in [2.45, 2.75) is 32.7 Å². The van der Waals surface area contributed by atoms with Gasteiger partial charge in [-0.3, -0.25) is 10.1 Å². The van der Waals surface area contributed by atoms with Crippen LogP contribution in [0.1, 0.15) is 19.4 Å². The average molecular weight is 244 g/mol. The van der Waals surface area contributed by atoms with Gasteiger partial charge >= 0.3 is 0 Å². The number of benzene rings is 1. The Morgan fingerprint density at radius 3 is 2.59 bits per heavy atom. The number of nitrogens with one attached hydrogen (secondary N) is 1. The summed E-state index contributed by atoms with van der Waals surface area (Å²) in [6.45, 7) is 3.13. The number of nitrogens with zero attached hydrogens (tertiary/aromatic N) is 1. The number of halogens is 2. The minimum atomic E-state index is -2.51. The molecule has 0 aromatic heterocycles. The van der Waals surface area contributed by atoms with Gasteiger partial charge in [0.1, 0.15) is 0 Å². The van der Waals surface area contributed by atoms with Gasteiger partial charge in [-0.05, 0) is 19.4 Å². The van der Waals surface area contributed by atoms with Crippen molar-refractivity contribution < 1.29 is 13.7 Å². The predicted molar refractivity (Wildman–Crippen MR) is 61.6 cm³/mol. The van der Waals surface area contributed by atoms with Crippen LogP contribution in [0.4, 0.5) is 20.2 Å². The van der Waals surface area contributed by atoms with Crippen LogP contribution in [0.2, 0.25) is 0 Å². The summed E-state index contributed by atoms with van der Waals surface area (Å²) in [5.74, 6) is 0. The first kappa shape index (κ1) is 13.3. The molecule has 1 atom stereocenters. The van der Waals surface area contributed by atoms with E-state index in [0.29, 0.717) is 17.7 Å². The van der Waals surface area contributed by atoms with E-state index >= 15 is 0 Å². The molecule has 0 fully saturated rings. The molecule has 0 saturated heterocycles. The molecule has 0 spiro atoms. The molecule has 0 radical (unpaired) electrons. The van der Waals surface area contributed by atoms with Gasteiger partial charge in [-0.25, -0.2) is 8.78 Å². The van der Waals surface area contributed by atoms with Gasteiger partial charge in [0.2, 0.25) is 0 Å². The van der Waals surface area contributed by atoms with Crippen molar-refractivity contribution in [1.82, 2.24) is 0 Å². The molecule has 1 aromatic rings. The zero-order valence-corrected chi connectivity index (χ0v) is 9.61. The Labute approximate surface area is 97.8 Å². The van der Waals surface area contributed by atoms with Crippen LogP contribution in [0.25, 0.3) is 0 Å². The monoisotopic (exact) mass is 244 g/mol. The van der Waals surface area contributed by atoms with E-state index in [1.165, 1.54) is 13.0 Å². The fourth-order valence-corrected chi connectivity index (χ4v) is 1.45. The second-order valence-corrected chi connectivity index (χ2v) is 3.72. The third-order valence-corrected chi connectivity index (χ3v) is 2.44. The van der Waals surface area contributed by atoms with Crippen molar-refractivity contribution in [3.63, 3.8) is 0 Å². The molecule has 1 N–H and O–H groups in total. The van der Waals surface area contributed by atoms with Crippen LogP contribution < -0.4 is 5.32 Å². The number of hydrogen-bond donors (Lipinski definition) is 1. The first-order chi connectivity index (χ1) is 7.95. The summed E-state index contributed by atoms with van der Waals surface area (Å²) in [6, 6.07) is 3.41. The lowest BCUT2D eigenvalue weighted by Gasteiger charge is -2.14. The molecule has 1 unspecified atom stereocenters. The number of hydrogen-bond acceptors (Lipinski definition) is 3. The van der Waals surface area contributed by atoms with E-state index in [-0.39, 0.29) is 5.69 Å². The minimum absolute atomic E-state index is 0.0426. The summed E-state index contributed by atoms with van der Waals surface area (Å²) < 4.78 is 24.6. The van der Waals surface area contributed by atoms with Gasteiger partial charge in [0.25, 0.3) is 12.1 Å². The van der Waals surface area contributed by atoms with E-state index < -0.39 is 17.4 Å². The summed E-state index contributed by atoms with van der Waals surface area (Å²) in [5.41, 5.74) is 0.880. The number of anilines is 1. The highest BCUT2D eigenvalue weighted by molar-refractivity contribution is 5.55. The summed E-state index contributed by atoms with van der Waals surface area (Å²) >= 11 is 0. The maximum Gasteiger partial charge on any atom is 0.274 e. The van der Waals surface area contributed by atoms with Gasteiger partial charge in [0, 0.05) is 17.3 Å². The molecule has 0 aliphatic rings. The van der Waals surface area contributed by atoms with E-state index in [4.69, 9.17) is 0 Å². The standard InChI is InChI=1S/C11H14F2N2O2/c1-3-8-4-5-9(6-10(8)15(16)17)14-7(2)11(12)13/h4-7,11,14H,3H2,1-2H3. The Kier molecular flexibility index (Phi) is 4.37. The molecule has 1 rings (SSSR count). The van der Waals surface area contributed by atoms with E-state index in [1.807, 2.05) is 0 Å². The SMILES string of the molecule is CCc1ccc(NC(C)C(F)F)cc1[N+](=O)[O-]. The van der Waals surface area contributed by atoms with E-state index in [9.17, 15) is 18.9 Å². The van der Waals surface area contributed by atoms with E-state index in [2.05, 4.69) is 5.32 Å². The fraction of sp³-hybridized carbons (Fsp3) is 0.455. The zero-order chi connectivity index (χ0) is 13.0. The van der Waals surface area contributed by atoms with Crippen molar-refractivity contribution in [3.8, 4) is 0 Å². The summed E-state index contributed by atoms with van der Waals surface area (Å²) in [6.07, 6.45) is -1.99. The molecule has 0 bridgehead atoms. The topological polar surface area (TPSA) is 55.2 Å². The third kappa shape index (κ3) is 3.37. The number of aryl methyl sites for hydroxylation is 1. The number of nitro benzene ring substituents is 1. The normalized spacial score (nSPS) is 12.5. The largest absolute Gasteiger partial charge is 0.377 e. The summed E-state index contributed by atoms with van der Waals surface area (Å²) in [7, 11) is 0. The molecule has 6 heteroatoms.